The van der Waals surface area contributed by atoms with Gasteiger partial charge in [0.2, 0.25) is 5.91 Å². The molecule has 2 unspecified atom stereocenters. The van der Waals surface area contributed by atoms with E-state index in [-0.39, 0.29) is 11.9 Å². The molecule has 0 aliphatic carbocycles. The predicted octanol–water partition coefficient (Wildman–Crippen LogP) is 1.37. The Balaban J connectivity index is 1.82. The van der Waals surface area contributed by atoms with Gasteiger partial charge in [0, 0.05) is 36.4 Å². The second-order valence-electron chi connectivity index (χ2n) is 4.74. The quantitative estimate of drug-likeness (QED) is 0.839. The second kappa shape index (κ2) is 6.20. The Bertz CT molecular complexity index is 398. The second-order valence-corrected chi connectivity index (χ2v) is 5.79. The monoisotopic (exact) mass is 265 g/mol. The van der Waals surface area contributed by atoms with Crippen molar-refractivity contribution in [2.24, 2.45) is 11.7 Å². The molecule has 18 heavy (non-hydrogen) atoms. The average Bonchev–Trinajstić information content (AvgIpc) is 2.40. The van der Waals surface area contributed by atoms with Crippen LogP contribution >= 0.6 is 11.8 Å². The fourth-order valence-electron chi connectivity index (χ4n) is 2.06. The lowest BCUT2D eigenvalue weighted by Crippen LogP contribution is -2.48. The summed E-state index contributed by atoms with van der Waals surface area (Å²) in [4.78, 5) is 19.0. The van der Waals surface area contributed by atoms with Gasteiger partial charge < -0.3 is 10.6 Å². The van der Waals surface area contributed by atoms with Crippen LogP contribution in [-0.2, 0) is 4.79 Å². The Kier molecular flexibility index (Phi) is 4.60. The lowest BCUT2D eigenvalue weighted by molar-refractivity contribution is -0.130. The molecular formula is C13H19N3OS. The van der Waals surface area contributed by atoms with E-state index in [1.165, 1.54) is 0 Å². The average molecular weight is 265 g/mol. The summed E-state index contributed by atoms with van der Waals surface area (Å²) in [7, 11) is 0. The zero-order valence-corrected chi connectivity index (χ0v) is 11.4. The largest absolute Gasteiger partial charge is 0.342 e. The maximum atomic E-state index is 12.1. The van der Waals surface area contributed by atoms with E-state index in [0.717, 1.165) is 24.4 Å². The van der Waals surface area contributed by atoms with Crippen molar-refractivity contribution in [1.29, 1.82) is 0 Å². The minimum absolute atomic E-state index is 0.204. The molecule has 2 rings (SSSR count). The number of hydrogen-bond donors (Lipinski definition) is 1. The maximum Gasteiger partial charge on any atom is 0.232 e. The van der Waals surface area contributed by atoms with Crippen LogP contribution in [0.3, 0.4) is 0 Å². The zero-order chi connectivity index (χ0) is 13.0. The topological polar surface area (TPSA) is 59.2 Å². The van der Waals surface area contributed by atoms with E-state index in [4.69, 9.17) is 5.73 Å². The highest BCUT2D eigenvalue weighted by atomic mass is 32.2. The Labute approximate surface area is 112 Å². The third-order valence-electron chi connectivity index (χ3n) is 3.34. The van der Waals surface area contributed by atoms with Gasteiger partial charge in [-0.05, 0) is 24.5 Å². The van der Waals surface area contributed by atoms with E-state index in [1.807, 2.05) is 17.0 Å². The summed E-state index contributed by atoms with van der Waals surface area (Å²) in [5, 5.41) is 0. The van der Waals surface area contributed by atoms with Crippen LogP contribution in [0.4, 0.5) is 0 Å². The van der Waals surface area contributed by atoms with E-state index in [0.29, 0.717) is 11.7 Å². The number of amides is 1. The van der Waals surface area contributed by atoms with Gasteiger partial charge >= 0.3 is 0 Å². The standard InChI is InChI=1S/C13H19N3OS/c1-10-8-16(7-4-12(10)14)13(17)9-18-11-2-5-15-6-3-11/h2-3,5-6,10,12H,4,7-9,14H2,1H3. The number of carbonyl (C=O) groups excluding carboxylic acids is 1. The highest BCUT2D eigenvalue weighted by Crippen LogP contribution is 2.19. The molecule has 0 saturated carbocycles. The van der Waals surface area contributed by atoms with Crippen molar-refractivity contribution in [2.45, 2.75) is 24.3 Å². The number of thioether (sulfide) groups is 1. The number of nitrogens with two attached hydrogens (primary N) is 1. The third-order valence-corrected chi connectivity index (χ3v) is 4.33. The minimum atomic E-state index is 0.204. The normalized spacial score (nSPS) is 24.0. The molecule has 1 aliphatic heterocycles. The van der Waals surface area contributed by atoms with Crippen LogP contribution < -0.4 is 5.73 Å². The predicted molar refractivity (Wildman–Crippen MR) is 73.3 cm³/mol. The van der Waals surface area contributed by atoms with Gasteiger partial charge in [0.15, 0.2) is 0 Å². The zero-order valence-electron chi connectivity index (χ0n) is 10.6. The first-order valence-electron chi connectivity index (χ1n) is 6.23. The molecule has 0 spiro atoms. The summed E-state index contributed by atoms with van der Waals surface area (Å²) in [6.45, 7) is 3.69. The molecule has 0 bridgehead atoms. The van der Waals surface area contributed by atoms with Gasteiger partial charge in [-0.1, -0.05) is 6.92 Å². The van der Waals surface area contributed by atoms with Crippen molar-refractivity contribution in [3.8, 4) is 0 Å². The molecule has 1 fully saturated rings. The summed E-state index contributed by atoms with van der Waals surface area (Å²) >= 11 is 1.56. The van der Waals surface area contributed by atoms with Crippen molar-refractivity contribution in [3.63, 3.8) is 0 Å². The van der Waals surface area contributed by atoms with Gasteiger partial charge in [-0.15, -0.1) is 11.8 Å². The Hall–Kier alpha value is -1.07. The molecule has 0 aromatic carbocycles. The lowest BCUT2D eigenvalue weighted by atomic mass is 9.95. The third kappa shape index (κ3) is 3.46. The molecule has 0 radical (unpaired) electrons. The van der Waals surface area contributed by atoms with Crippen LogP contribution in [0.25, 0.3) is 0 Å². The van der Waals surface area contributed by atoms with Crippen LogP contribution in [0.2, 0.25) is 0 Å². The van der Waals surface area contributed by atoms with Crippen molar-refractivity contribution in [2.75, 3.05) is 18.8 Å². The molecule has 4 nitrogen and oxygen atoms in total. The molecule has 2 N–H and O–H groups in total. The minimum Gasteiger partial charge on any atom is -0.342 e. The smallest absolute Gasteiger partial charge is 0.232 e. The Morgan fingerprint density at radius 2 is 2.28 bits per heavy atom. The first kappa shape index (κ1) is 13.4. The van der Waals surface area contributed by atoms with Crippen LogP contribution in [0.15, 0.2) is 29.4 Å². The van der Waals surface area contributed by atoms with Gasteiger partial charge in [-0.3, -0.25) is 9.78 Å². The SMILES string of the molecule is CC1CN(C(=O)CSc2ccncc2)CCC1N. The molecule has 1 aromatic heterocycles. The Morgan fingerprint density at radius 1 is 1.56 bits per heavy atom. The van der Waals surface area contributed by atoms with Crippen molar-refractivity contribution >= 4 is 17.7 Å². The van der Waals surface area contributed by atoms with E-state index in [1.54, 1.807) is 24.2 Å². The summed E-state index contributed by atoms with van der Waals surface area (Å²) in [6.07, 6.45) is 4.40. The highest BCUT2D eigenvalue weighted by molar-refractivity contribution is 8.00. The van der Waals surface area contributed by atoms with Gasteiger partial charge in [0.05, 0.1) is 5.75 Å². The van der Waals surface area contributed by atoms with E-state index < -0.39 is 0 Å². The Morgan fingerprint density at radius 3 is 2.94 bits per heavy atom. The number of aromatic nitrogens is 1. The molecule has 1 aliphatic rings. The molecule has 98 valence electrons. The first-order valence-corrected chi connectivity index (χ1v) is 7.21. The van der Waals surface area contributed by atoms with Crippen LogP contribution in [-0.4, -0.2) is 40.7 Å². The van der Waals surface area contributed by atoms with Crippen LogP contribution in [0.5, 0.6) is 0 Å². The van der Waals surface area contributed by atoms with Gasteiger partial charge in [0.1, 0.15) is 0 Å². The number of likely N-dealkylation sites (tertiary alicyclic amines) is 1. The molecule has 1 amide bonds. The number of piperidine rings is 1. The summed E-state index contributed by atoms with van der Waals surface area (Å²) in [6, 6.07) is 4.08. The fraction of sp³-hybridized carbons (Fsp3) is 0.538. The summed E-state index contributed by atoms with van der Waals surface area (Å²) in [5.41, 5.74) is 5.96. The lowest BCUT2D eigenvalue weighted by Gasteiger charge is -2.35. The fourth-order valence-corrected chi connectivity index (χ4v) is 2.85. The van der Waals surface area contributed by atoms with E-state index in [2.05, 4.69) is 11.9 Å². The number of rotatable bonds is 3. The van der Waals surface area contributed by atoms with Crippen molar-refractivity contribution in [3.05, 3.63) is 24.5 Å². The molecule has 2 atom stereocenters. The molecule has 2 heterocycles. The number of nitrogens with zero attached hydrogens (tertiary/aromatic N) is 2. The number of carbonyl (C=O) groups is 1. The van der Waals surface area contributed by atoms with Gasteiger partial charge in [-0.25, -0.2) is 0 Å². The number of pyridine rings is 1. The molecule has 5 heteroatoms. The molecule has 1 aromatic rings. The van der Waals surface area contributed by atoms with Gasteiger partial charge in [0.25, 0.3) is 0 Å². The maximum absolute atomic E-state index is 12.1. The van der Waals surface area contributed by atoms with Crippen molar-refractivity contribution in [1.82, 2.24) is 9.88 Å². The van der Waals surface area contributed by atoms with E-state index >= 15 is 0 Å². The van der Waals surface area contributed by atoms with Gasteiger partial charge in [-0.2, -0.15) is 0 Å². The van der Waals surface area contributed by atoms with E-state index in [9.17, 15) is 4.79 Å². The summed E-state index contributed by atoms with van der Waals surface area (Å²) < 4.78 is 0. The first-order chi connectivity index (χ1) is 8.66. The van der Waals surface area contributed by atoms with Crippen molar-refractivity contribution < 1.29 is 4.79 Å². The highest BCUT2D eigenvalue weighted by Gasteiger charge is 2.25. The van der Waals surface area contributed by atoms with Crippen LogP contribution in [0, 0.1) is 5.92 Å². The molecular weight excluding hydrogens is 246 g/mol. The molecule has 1 saturated heterocycles. The summed E-state index contributed by atoms with van der Waals surface area (Å²) in [5.74, 6) is 1.09. The number of hydrogen-bond acceptors (Lipinski definition) is 4. The van der Waals surface area contributed by atoms with Crippen LogP contribution in [0.1, 0.15) is 13.3 Å².